The van der Waals surface area contributed by atoms with Crippen molar-refractivity contribution in [3.63, 3.8) is 0 Å². The highest BCUT2D eigenvalue weighted by atomic mass is 15.1. The lowest BCUT2D eigenvalue weighted by Gasteiger charge is -2.27. The number of nitrogens with zero attached hydrogens (tertiary/aromatic N) is 2. The predicted octanol–water partition coefficient (Wildman–Crippen LogP) is 3.20. The van der Waals surface area contributed by atoms with Gasteiger partial charge in [-0.25, -0.2) is 0 Å². The van der Waals surface area contributed by atoms with Gasteiger partial charge >= 0.3 is 0 Å². The summed E-state index contributed by atoms with van der Waals surface area (Å²) in [5.41, 5.74) is 1.24. The first-order chi connectivity index (χ1) is 8.24. The first kappa shape index (κ1) is 12.1. The Hall–Kier alpha value is -1.33. The average molecular weight is 228 g/mol. The van der Waals surface area contributed by atoms with Crippen LogP contribution >= 0.6 is 0 Å². The molecule has 1 saturated carbocycles. The van der Waals surface area contributed by atoms with Crippen LogP contribution in [0.3, 0.4) is 0 Å². The third-order valence-corrected chi connectivity index (χ3v) is 3.67. The zero-order chi connectivity index (χ0) is 12.1. The molecule has 0 atom stereocenters. The van der Waals surface area contributed by atoms with E-state index in [4.69, 9.17) is 0 Å². The highest BCUT2D eigenvalue weighted by Crippen LogP contribution is 2.38. The van der Waals surface area contributed by atoms with Crippen LogP contribution in [0.1, 0.15) is 31.2 Å². The van der Waals surface area contributed by atoms with Crippen molar-refractivity contribution >= 4 is 0 Å². The van der Waals surface area contributed by atoms with Crippen LogP contribution in [0.15, 0.2) is 30.3 Å². The van der Waals surface area contributed by atoms with E-state index in [0.717, 1.165) is 25.9 Å². The third-order valence-electron chi connectivity index (χ3n) is 3.67. The zero-order valence-corrected chi connectivity index (χ0v) is 10.5. The lowest BCUT2D eigenvalue weighted by atomic mass is 9.87. The minimum atomic E-state index is -0.0798. The topological polar surface area (TPSA) is 27.0 Å². The van der Waals surface area contributed by atoms with E-state index in [-0.39, 0.29) is 5.41 Å². The lowest BCUT2D eigenvalue weighted by molar-refractivity contribution is 0.223. The molecule has 90 valence electrons. The van der Waals surface area contributed by atoms with E-state index in [2.05, 4.69) is 42.3 Å². The van der Waals surface area contributed by atoms with Crippen LogP contribution in [-0.4, -0.2) is 18.5 Å². The quantitative estimate of drug-likeness (QED) is 0.791. The number of nitriles is 1. The maximum Gasteiger partial charge on any atom is 0.0703 e. The summed E-state index contributed by atoms with van der Waals surface area (Å²) in [6.07, 6.45) is 4.57. The average Bonchev–Trinajstić information content (AvgIpc) is 2.79. The van der Waals surface area contributed by atoms with Crippen molar-refractivity contribution in [2.75, 3.05) is 13.6 Å². The van der Waals surface area contributed by atoms with E-state index in [9.17, 15) is 5.26 Å². The van der Waals surface area contributed by atoms with E-state index in [0.29, 0.717) is 0 Å². The van der Waals surface area contributed by atoms with Gasteiger partial charge in [-0.2, -0.15) is 5.26 Å². The fraction of sp³-hybridized carbons (Fsp3) is 0.533. The van der Waals surface area contributed by atoms with E-state index in [1.807, 2.05) is 6.07 Å². The summed E-state index contributed by atoms with van der Waals surface area (Å²) < 4.78 is 0. The Balaban J connectivity index is 1.93. The Morgan fingerprint density at radius 1 is 1.24 bits per heavy atom. The monoisotopic (exact) mass is 228 g/mol. The van der Waals surface area contributed by atoms with Crippen LogP contribution in [0.5, 0.6) is 0 Å². The SMILES string of the molecule is CN(Cc1ccccc1)CC1(C#N)CCCC1. The number of rotatable bonds is 4. The molecule has 1 fully saturated rings. The summed E-state index contributed by atoms with van der Waals surface area (Å²) in [6, 6.07) is 13.0. The summed E-state index contributed by atoms with van der Waals surface area (Å²) in [6.45, 7) is 1.84. The fourth-order valence-electron chi connectivity index (χ4n) is 2.82. The first-order valence-corrected chi connectivity index (χ1v) is 6.38. The second-order valence-corrected chi connectivity index (χ2v) is 5.26. The summed E-state index contributed by atoms with van der Waals surface area (Å²) >= 11 is 0. The second-order valence-electron chi connectivity index (χ2n) is 5.26. The van der Waals surface area contributed by atoms with Crippen molar-refractivity contribution in [1.82, 2.24) is 4.90 Å². The first-order valence-electron chi connectivity index (χ1n) is 6.38. The van der Waals surface area contributed by atoms with Gasteiger partial charge in [-0.15, -0.1) is 0 Å². The van der Waals surface area contributed by atoms with Crippen molar-refractivity contribution in [2.24, 2.45) is 5.41 Å². The van der Waals surface area contributed by atoms with Crippen molar-refractivity contribution in [1.29, 1.82) is 5.26 Å². The van der Waals surface area contributed by atoms with Gasteiger partial charge in [0.25, 0.3) is 0 Å². The Kier molecular flexibility index (Phi) is 3.81. The Morgan fingerprint density at radius 2 is 1.88 bits per heavy atom. The van der Waals surface area contributed by atoms with E-state index in [1.165, 1.54) is 18.4 Å². The van der Waals surface area contributed by atoms with E-state index >= 15 is 0 Å². The molecule has 2 rings (SSSR count). The molecule has 0 amide bonds. The molecule has 0 heterocycles. The predicted molar refractivity (Wildman–Crippen MR) is 69.3 cm³/mol. The molecular weight excluding hydrogens is 208 g/mol. The molecule has 1 aromatic rings. The van der Waals surface area contributed by atoms with Crippen LogP contribution in [0.2, 0.25) is 0 Å². The van der Waals surface area contributed by atoms with Crippen molar-refractivity contribution in [2.45, 2.75) is 32.2 Å². The molecule has 0 spiro atoms. The molecule has 0 N–H and O–H groups in total. The van der Waals surface area contributed by atoms with Crippen molar-refractivity contribution in [3.05, 3.63) is 35.9 Å². The standard InChI is InChI=1S/C15H20N2/c1-17(11-14-7-3-2-4-8-14)13-15(12-16)9-5-6-10-15/h2-4,7-8H,5-6,9-11,13H2,1H3. The van der Waals surface area contributed by atoms with E-state index < -0.39 is 0 Å². The second kappa shape index (κ2) is 5.33. The van der Waals surface area contributed by atoms with Gasteiger partial charge in [0.05, 0.1) is 11.5 Å². The summed E-state index contributed by atoms with van der Waals surface area (Å²) in [5, 5.41) is 9.35. The molecule has 0 aromatic heterocycles. The largest absolute Gasteiger partial charge is 0.301 e. The number of benzene rings is 1. The molecule has 2 heteroatoms. The van der Waals surface area contributed by atoms with Crippen LogP contribution in [0, 0.1) is 16.7 Å². The van der Waals surface area contributed by atoms with Gasteiger partial charge in [-0.05, 0) is 25.5 Å². The minimum Gasteiger partial charge on any atom is -0.301 e. The summed E-state index contributed by atoms with van der Waals surface area (Å²) in [5.74, 6) is 0. The molecule has 0 saturated heterocycles. The van der Waals surface area contributed by atoms with E-state index in [1.54, 1.807) is 0 Å². The maximum atomic E-state index is 9.35. The summed E-state index contributed by atoms with van der Waals surface area (Å²) in [7, 11) is 2.12. The molecule has 1 aliphatic rings. The van der Waals surface area contributed by atoms with Gasteiger partial charge in [-0.3, -0.25) is 0 Å². The zero-order valence-electron chi connectivity index (χ0n) is 10.5. The fourth-order valence-corrected chi connectivity index (χ4v) is 2.82. The third kappa shape index (κ3) is 3.08. The van der Waals surface area contributed by atoms with Crippen LogP contribution in [-0.2, 0) is 6.54 Å². The highest BCUT2D eigenvalue weighted by molar-refractivity contribution is 5.14. The van der Waals surface area contributed by atoms with Crippen LogP contribution in [0.25, 0.3) is 0 Å². The van der Waals surface area contributed by atoms with Gasteiger partial charge in [0.1, 0.15) is 0 Å². The van der Waals surface area contributed by atoms with Gasteiger partial charge in [0, 0.05) is 13.1 Å². The van der Waals surface area contributed by atoms with Gasteiger partial charge in [-0.1, -0.05) is 43.2 Å². The Bertz CT molecular complexity index is 385. The summed E-state index contributed by atoms with van der Waals surface area (Å²) in [4.78, 5) is 2.28. The van der Waals surface area contributed by atoms with Gasteiger partial charge < -0.3 is 4.90 Å². The normalized spacial score (nSPS) is 18.2. The smallest absolute Gasteiger partial charge is 0.0703 e. The lowest BCUT2D eigenvalue weighted by Crippen LogP contribution is -2.32. The van der Waals surface area contributed by atoms with Crippen LogP contribution in [0.4, 0.5) is 0 Å². The molecule has 0 aliphatic heterocycles. The van der Waals surface area contributed by atoms with Gasteiger partial charge in [0.15, 0.2) is 0 Å². The maximum absolute atomic E-state index is 9.35. The minimum absolute atomic E-state index is 0.0798. The molecule has 17 heavy (non-hydrogen) atoms. The number of hydrogen-bond acceptors (Lipinski definition) is 2. The van der Waals surface area contributed by atoms with Crippen molar-refractivity contribution < 1.29 is 0 Å². The molecule has 0 radical (unpaired) electrons. The molecule has 2 nitrogen and oxygen atoms in total. The Labute approximate surface area is 104 Å². The Morgan fingerprint density at radius 3 is 2.47 bits per heavy atom. The molecule has 1 aliphatic carbocycles. The molecule has 0 bridgehead atoms. The molecule has 0 unspecified atom stereocenters. The number of hydrogen-bond donors (Lipinski definition) is 0. The molecule has 1 aromatic carbocycles. The van der Waals surface area contributed by atoms with Crippen LogP contribution < -0.4 is 0 Å². The molecular formula is C15H20N2. The van der Waals surface area contributed by atoms with Crippen molar-refractivity contribution in [3.8, 4) is 6.07 Å². The highest BCUT2D eigenvalue weighted by Gasteiger charge is 2.34. The van der Waals surface area contributed by atoms with Gasteiger partial charge in [0.2, 0.25) is 0 Å².